The summed E-state index contributed by atoms with van der Waals surface area (Å²) < 4.78 is 28.1. The number of benzene rings is 2. The molecule has 0 radical (unpaired) electrons. The minimum absolute atomic E-state index is 0.0879. The first-order chi connectivity index (χ1) is 16.0. The lowest BCUT2D eigenvalue weighted by Gasteiger charge is -2.31. The molecule has 2 aliphatic heterocycles. The maximum absolute atomic E-state index is 12.7. The number of hydrogen-bond donors (Lipinski definition) is 1. The highest BCUT2D eigenvalue weighted by Gasteiger charge is 2.27. The van der Waals surface area contributed by atoms with Crippen LogP contribution in [-0.2, 0) is 14.8 Å². The van der Waals surface area contributed by atoms with Crippen molar-refractivity contribution in [1.29, 1.82) is 0 Å². The van der Waals surface area contributed by atoms with Gasteiger partial charge in [-0.2, -0.15) is 4.31 Å². The van der Waals surface area contributed by atoms with Crippen LogP contribution < -0.4 is 5.32 Å². The molecule has 7 nitrogen and oxygen atoms in total. The number of para-hydroxylation sites is 1. The standard InChI is InChI=1S/C24H28N4O3S2/c29-23(25-19-9-11-20(12-10-19)33(30,31)28-14-3-4-15-28)17-27-13-5-6-18(16-27)24-26-21-7-1-2-8-22(21)32-24/h1-2,7-12,18H,3-6,13-17H2,(H,25,29). The van der Waals surface area contributed by atoms with Crippen LogP contribution in [0.4, 0.5) is 5.69 Å². The van der Waals surface area contributed by atoms with Gasteiger partial charge in [-0.05, 0) is 68.6 Å². The van der Waals surface area contributed by atoms with Gasteiger partial charge in [0.25, 0.3) is 0 Å². The van der Waals surface area contributed by atoms with Gasteiger partial charge < -0.3 is 5.32 Å². The molecule has 174 valence electrons. The van der Waals surface area contributed by atoms with Crippen LogP contribution in [0.5, 0.6) is 0 Å². The van der Waals surface area contributed by atoms with E-state index in [0.29, 0.717) is 31.2 Å². The molecular weight excluding hydrogens is 456 g/mol. The van der Waals surface area contributed by atoms with Crippen molar-refractivity contribution in [3.05, 3.63) is 53.5 Å². The predicted octanol–water partition coefficient (Wildman–Crippen LogP) is 3.90. The third-order valence-electron chi connectivity index (χ3n) is 6.37. The Morgan fingerprint density at radius 1 is 1.03 bits per heavy atom. The Kier molecular flexibility index (Phi) is 6.47. The lowest BCUT2D eigenvalue weighted by molar-refractivity contribution is -0.117. The summed E-state index contributed by atoms with van der Waals surface area (Å²) >= 11 is 1.75. The fourth-order valence-corrected chi connectivity index (χ4v) is 7.27. The molecule has 1 N–H and O–H groups in total. The molecule has 3 aromatic rings. The molecule has 1 aromatic heterocycles. The Hall–Kier alpha value is -2.33. The van der Waals surface area contributed by atoms with E-state index in [-0.39, 0.29) is 10.8 Å². The molecule has 1 amide bonds. The summed E-state index contributed by atoms with van der Waals surface area (Å²) in [6.45, 7) is 3.18. The van der Waals surface area contributed by atoms with Gasteiger partial charge in [-0.3, -0.25) is 9.69 Å². The highest BCUT2D eigenvalue weighted by Crippen LogP contribution is 2.33. The Bertz CT molecular complexity index is 1200. The molecular formula is C24H28N4O3S2. The van der Waals surface area contributed by atoms with Crippen LogP contribution in [-0.4, -0.2) is 61.2 Å². The fraction of sp³-hybridized carbons (Fsp3) is 0.417. The molecule has 0 spiro atoms. The molecule has 3 heterocycles. The van der Waals surface area contributed by atoms with Crippen molar-refractivity contribution in [2.75, 3.05) is 38.0 Å². The van der Waals surface area contributed by atoms with Gasteiger partial charge in [-0.25, -0.2) is 13.4 Å². The molecule has 2 saturated heterocycles. The summed E-state index contributed by atoms with van der Waals surface area (Å²) in [4.78, 5) is 19.9. The normalized spacial score (nSPS) is 20.3. The van der Waals surface area contributed by atoms with Gasteiger partial charge in [-0.15, -0.1) is 11.3 Å². The van der Waals surface area contributed by atoms with E-state index >= 15 is 0 Å². The zero-order valence-corrected chi connectivity index (χ0v) is 20.1. The van der Waals surface area contributed by atoms with E-state index in [4.69, 9.17) is 4.98 Å². The van der Waals surface area contributed by atoms with Crippen LogP contribution in [0.25, 0.3) is 10.2 Å². The van der Waals surface area contributed by atoms with Crippen LogP contribution in [0.15, 0.2) is 53.4 Å². The fourth-order valence-electron chi connectivity index (χ4n) is 4.66. The van der Waals surface area contributed by atoms with E-state index < -0.39 is 10.0 Å². The molecule has 2 fully saturated rings. The smallest absolute Gasteiger partial charge is 0.243 e. The minimum atomic E-state index is -3.44. The molecule has 2 aromatic carbocycles. The topological polar surface area (TPSA) is 82.6 Å². The number of rotatable bonds is 6. The van der Waals surface area contributed by atoms with Crippen LogP contribution in [0, 0.1) is 0 Å². The van der Waals surface area contributed by atoms with Crippen molar-refractivity contribution in [2.45, 2.75) is 36.5 Å². The number of amides is 1. The van der Waals surface area contributed by atoms with Gasteiger partial charge in [0.05, 0.1) is 26.7 Å². The Morgan fingerprint density at radius 2 is 1.79 bits per heavy atom. The average Bonchev–Trinajstić information content (AvgIpc) is 3.50. The molecule has 1 atom stereocenters. The molecule has 1 unspecified atom stereocenters. The lowest BCUT2D eigenvalue weighted by Crippen LogP contribution is -2.39. The summed E-state index contributed by atoms with van der Waals surface area (Å²) in [6, 6.07) is 14.7. The molecule has 9 heteroatoms. The van der Waals surface area contributed by atoms with E-state index in [1.54, 1.807) is 35.6 Å². The van der Waals surface area contributed by atoms with Crippen molar-refractivity contribution >= 4 is 43.2 Å². The van der Waals surface area contributed by atoms with Gasteiger partial charge in [0.2, 0.25) is 15.9 Å². The van der Waals surface area contributed by atoms with Crippen LogP contribution in [0.3, 0.4) is 0 Å². The van der Waals surface area contributed by atoms with Gasteiger partial charge >= 0.3 is 0 Å². The number of fused-ring (bicyclic) bond motifs is 1. The summed E-state index contributed by atoms with van der Waals surface area (Å²) in [6.07, 6.45) is 3.94. The number of nitrogens with zero attached hydrogens (tertiary/aromatic N) is 3. The molecule has 0 aliphatic carbocycles. The summed E-state index contributed by atoms with van der Waals surface area (Å²) in [5.41, 5.74) is 1.66. The zero-order chi connectivity index (χ0) is 22.8. The third-order valence-corrected chi connectivity index (χ3v) is 9.49. The maximum atomic E-state index is 12.7. The second-order valence-corrected chi connectivity index (χ2v) is 11.8. The number of hydrogen-bond acceptors (Lipinski definition) is 6. The number of carbonyl (C=O) groups excluding carboxylic acids is 1. The summed E-state index contributed by atoms with van der Waals surface area (Å²) in [7, 11) is -3.44. The molecule has 0 saturated carbocycles. The second kappa shape index (κ2) is 9.50. The van der Waals surface area contributed by atoms with Crippen molar-refractivity contribution in [3.63, 3.8) is 0 Å². The SMILES string of the molecule is O=C(CN1CCCC(c2nc3ccccc3s2)C1)Nc1ccc(S(=O)(=O)N2CCCC2)cc1. The highest BCUT2D eigenvalue weighted by molar-refractivity contribution is 7.89. The third kappa shape index (κ3) is 4.96. The van der Waals surface area contributed by atoms with E-state index in [2.05, 4.69) is 16.3 Å². The number of sulfonamides is 1. The number of aromatic nitrogens is 1. The average molecular weight is 485 g/mol. The number of thiazole rings is 1. The number of anilines is 1. The number of piperidine rings is 1. The number of nitrogens with one attached hydrogen (secondary N) is 1. The van der Waals surface area contributed by atoms with Gasteiger partial charge in [0.1, 0.15) is 0 Å². The van der Waals surface area contributed by atoms with Crippen molar-refractivity contribution in [1.82, 2.24) is 14.2 Å². The second-order valence-electron chi connectivity index (χ2n) is 8.78. The van der Waals surface area contributed by atoms with Crippen molar-refractivity contribution < 1.29 is 13.2 Å². The first kappa shape index (κ1) is 22.5. The highest BCUT2D eigenvalue weighted by atomic mass is 32.2. The Labute approximate surface area is 198 Å². The zero-order valence-electron chi connectivity index (χ0n) is 18.4. The summed E-state index contributed by atoms with van der Waals surface area (Å²) in [5.74, 6) is 0.258. The van der Waals surface area contributed by atoms with Gasteiger partial charge in [0.15, 0.2) is 0 Å². The van der Waals surface area contributed by atoms with Gasteiger partial charge in [0, 0.05) is 31.2 Å². The summed E-state index contributed by atoms with van der Waals surface area (Å²) in [5, 5.41) is 4.06. The van der Waals surface area contributed by atoms with Crippen LogP contribution in [0.2, 0.25) is 0 Å². The van der Waals surface area contributed by atoms with E-state index in [1.165, 1.54) is 9.01 Å². The van der Waals surface area contributed by atoms with Crippen molar-refractivity contribution in [2.24, 2.45) is 0 Å². The molecule has 0 bridgehead atoms. The van der Waals surface area contributed by atoms with E-state index in [0.717, 1.165) is 49.3 Å². The quantitative estimate of drug-likeness (QED) is 0.574. The maximum Gasteiger partial charge on any atom is 0.243 e. The number of likely N-dealkylation sites (tertiary alicyclic amines) is 1. The van der Waals surface area contributed by atoms with Crippen LogP contribution in [0.1, 0.15) is 36.6 Å². The van der Waals surface area contributed by atoms with Gasteiger partial charge in [-0.1, -0.05) is 12.1 Å². The Morgan fingerprint density at radius 3 is 2.55 bits per heavy atom. The van der Waals surface area contributed by atoms with E-state index in [1.807, 2.05) is 18.2 Å². The first-order valence-electron chi connectivity index (χ1n) is 11.5. The molecule has 2 aliphatic rings. The molecule has 33 heavy (non-hydrogen) atoms. The van der Waals surface area contributed by atoms with E-state index in [9.17, 15) is 13.2 Å². The van der Waals surface area contributed by atoms with Crippen molar-refractivity contribution in [3.8, 4) is 0 Å². The first-order valence-corrected chi connectivity index (χ1v) is 13.7. The largest absolute Gasteiger partial charge is 0.325 e. The molecule has 5 rings (SSSR count). The number of carbonyl (C=O) groups is 1. The minimum Gasteiger partial charge on any atom is -0.325 e. The predicted molar refractivity (Wildman–Crippen MR) is 131 cm³/mol. The van der Waals surface area contributed by atoms with Crippen LogP contribution >= 0.6 is 11.3 Å². The Balaban J connectivity index is 1.18. The lowest BCUT2D eigenvalue weighted by atomic mass is 9.99. The monoisotopic (exact) mass is 484 g/mol.